The first-order valence-electron chi connectivity index (χ1n) is 10.1. The molecule has 4 aliphatic carbocycles. The number of ketones is 1. The summed E-state index contributed by atoms with van der Waals surface area (Å²) >= 11 is 0. The van der Waals surface area contributed by atoms with E-state index in [-0.39, 0.29) is 22.7 Å². The molecule has 4 rings (SSSR count). The van der Waals surface area contributed by atoms with E-state index < -0.39 is 6.10 Å². The summed E-state index contributed by atoms with van der Waals surface area (Å²) in [4.78, 5) is 12.9. The van der Waals surface area contributed by atoms with Gasteiger partial charge >= 0.3 is 0 Å². The molecule has 3 nitrogen and oxygen atoms in total. The molecule has 0 aromatic carbocycles. The van der Waals surface area contributed by atoms with E-state index in [4.69, 9.17) is 0 Å². The van der Waals surface area contributed by atoms with E-state index in [1.54, 1.807) is 18.1 Å². The molecule has 2 N–H and O–H groups in total. The molecular weight excluding hydrogens is 312 g/mol. The lowest BCUT2D eigenvalue weighted by Gasteiger charge is -2.52. The first-order valence-corrected chi connectivity index (χ1v) is 10.1. The van der Waals surface area contributed by atoms with Gasteiger partial charge in [0.15, 0.2) is 5.78 Å². The molecule has 4 aliphatic rings. The normalized spacial score (nSPS) is 44.5. The lowest BCUT2D eigenvalue weighted by Crippen LogP contribution is -2.50. The second-order valence-corrected chi connectivity index (χ2v) is 9.38. The zero-order valence-electron chi connectivity index (χ0n) is 15.8. The minimum Gasteiger partial charge on any atom is -0.389 e. The maximum atomic E-state index is 12.9. The second kappa shape index (κ2) is 5.79. The molecule has 0 saturated heterocycles. The Morgan fingerprint density at radius 3 is 2.64 bits per heavy atom. The molecule has 2 fully saturated rings. The van der Waals surface area contributed by atoms with E-state index in [1.165, 1.54) is 5.57 Å². The molecule has 0 aromatic heterocycles. The van der Waals surface area contributed by atoms with E-state index >= 15 is 0 Å². The third-order valence-corrected chi connectivity index (χ3v) is 8.39. The first-order chi connectivity index (χ1) is 11.8. The summed E-state index contributed by atoms with van der Waals surface area (Å²) in [7, 11) is 0. The van der Waals surface area contributed by atoms with Gasteiger partial charge in [0.2, 0.25) is 0 Å². The number of carbonyl (C=O) groups is 1. The van der Waals surface area contributed by atoms with E-state index in [9.17, 15) is 15.0 Å². The zero-order chi connectivity index (χ0) is 18.0. The number of Topliss-reactive ketones (excluding diaryl/α,β-unsaturated/α-hetero) is 1. The maximum Gasteiger partial charge on any atom is 0.167 e. The summed E-state index contributed by atoms with van der Waals surface area (Å²) in [6.07, 6.45) is 9.25. The molecule has 138 valence electrons. The Morgan fingerprint density at radius 1 is 1.16 bits per heavy atom. The summed E-state index contributed by atoms with van der Waals surface area (Å²) in [5.74, 6) is 1.21. The topological polar surface area (TPSA) is 57.5 Å². The summed E-state index contributed by atoms with van der Waals surface area (Å²) in [5.41, 5.74) is 4.20. The van der Waals surface area contributed by atoms with Gasteiger partial charge in [-0.2, -0.15) is 0 Å². The van der Waals surface area contributed by atoms with Crippen LogP contribution in [-0.4, -0.2) is 28.2 Å². The van der Waals surface area contributed by atoms with Crippen LogP contribution in [0.15, 0.2) is 22.8 Å². The third kappa shape index (κ3) is 2.35. The molecule has 25 heavy (non-hydrogen) atoms. The van der Waals surface area contributed by atoms with E-state index in [0.29, 0.717) is 11.8 Å². The van der Waals surface area contributed by atoms with Crippen molar-refractivity contribution in [1.82, 2.24) is 0 Å². The SMILES string of the molecule is C[C@H](O)C(=O)[C@@]1(C)CC[C@H]2[C@@H]3CCC4=CC(O)CCC4=C3CC[C@@]21C. The Hall–Kier alpha value is -0.930. The number of fused-ring (bicyclic) bond motifs is 4. The summed E-state index contributed by atoms with van der Waals surface area (Å²) in [6, 6.07) is 0. The minimum absolute atomic E-state index is 0.00516. The Kier molecular flexibility index (Phi) is 4.05. The van der Waals surface area contributed by atoms with Crippen molar-refractivity contribution in [2.75, 3.05) is 0 Å². The standard InChI is InChI=1S/C22H32O3/c1-13(23)20(25)22(3)11-9-19-18-6-4-14-12-15(24)5-7-16(14)17(18)8-10-21(19,22)2/h12-13,15,18-19,23-24H,4-11H2,1-3H3/t13-,15?,18+,19-,21-,22+/m0/s1. The molecule has 0 aromatic rings. The molecule has 0 bridgehead atoms. The highest BCUT2D eigenvalue weighted by atomic mass is 16.3. The van der Waals surface area contributed by atoms with Crippen LogP contribution in [0.2, 0.25) is 0 Å². The monoisotopic (exact) mass is 344 g/mol. The van der Waals surface area contributed by atoms with Crippen LogP contribution >= 0.6 is 0 Å². The minimum atomic E-state index is -0.860. The maximum absolute atomic E-state index is 12.9. The highest BCUT2D eigenvalue weighted by molar-refractivity contribution is 5.89. The summed E-state index contributed by atoms with van der Waals surface area (Å²) < 4.78 is 0. The predicted molar refractivity (Wildman–Crippen MR) is 97.9 cm³/mol. The fourth-order valence-electron chi connectivity index (χ4n) is 6.78. The van der Waals surface area contributed by atoms with Gasteiger partial charge in [0.25, 0.3) is 0 Å². The lowest BCUT2D eigenvalue weighted by atomic mass is 9.51. The van der Waals surface area contributed by atoms with Crippen LogP contribution in [0.25, 0.3) is 0 Å². The third-order valence-electron chi connectivity index (χ3n) is 8.39. The zero-order valence-corrected chi connectivity index (χ0v) is 15.8. The van der Waals surface area contributed by atoms with Gasteiger partial charge in [-0.3, -0.25) is 4.79 Å². The van der Waals surface area contributed by atoms with Gasteiger partial charge in [0.05, 0.1) is 6.10 Å². The Labute approximate surface area is 151 Å². The fraction of sp³-hybridized carbons (Fsp3) is 0.773. The number of aliphatic hydroxyl groups is 2. The van der Waals surface area contributed by atoms with Crippen LogP contribution in [0.5, 0.6) is 0 Å². The van der Waals surface area contributed by atoms with Crippen LogP contribution in [0.4, 0.5) is 0 Å². The highest BCUT2D eigenvalue weighted by Crippen LogP contribution is 2.67. The molecule has 3 heteroatoms. The van der Waals surface area contributed by atoms with Crippen molar-refractivity contribution in [2.24, 2.45) is 22.7 Å². The smallest absolute Gasteiger partial charge is 0.167 e. The molecule has 0 spiro atoms. The average Bonchev–Trinajstić information content (AvgIpc) is 2.86. The van der Waals surface area contributed by atoms with Crippen molar-refractivity contribution in [1.29, 1.82) is 0 Å². The van der Waals surface area contributed by atoms with Crippen LogP contribution in [-0.2, 0) is 4.79 Å². The Balaban J connectivity index is 1.70. The van der Waals surface area contributed by atoms with Crippen LogP contribution in [0.3, 0.4) is 0 Å². The van der Waals surface area contributed by atoms with E-state index in [1.807, 2.05) is 0 Å². The number of hydrogen-bond donors (Lipinski definition) is 2. The van der Waals surface area contributed by atoms with Crippen LogP contribution in [0, 0.1) is 22.7 Å². The van der Waals surface area contributed by atoms with Gasteiger partial charge in [-0.15, -0.1) is 0 Å². The Morgan fingerprint density at radius 2 is 1.92 bits per heavy atom. The molecule has 6 atom stereocenters. The van der Waals surface area contributed by atoms with Crippen molar-refractivity contribution in [3.63, 3.8) is 0 Å². The number of aliphatic hydroxyl groups excluding tert-OH is 2. The van der Waals surface area contributed by atoms with E-state index in [0.717, 1.165) is 51.4 Å². The predicted octanol–water partition coefficient (Wildman–Crippen LogP) is 3.94. The second-order valence-electron chi connectivity index (χ2n) is 9.38. The van der Waals surface area contributed by atoms with Gasteiger partial charge in [-0.1, -0.05) is 25.5 Å². The Bertz CT molecular complexity index is 658. The van der Waals surface area contributed by atoms with Crippen molar-refractivity contribution in [2.45, 2.75) is 84.3 Å². The van der Waals surface area contributed by atoms with Crippen molar-refractivity contribution >= 4 is 5.78 Å². The molecule has 0 amide bonds. The van der Waals surface area contributed by atoms with Gasteiger partial charge in [0, 0.05) is 5.41 Å². The van der Waals surface area contributed by atoms with Crippen LogP contribution < -0.4 is 0 Å². The first kappa shape index (κ1) is 17.5. The van der Waals surface area contributed by atoms with Crippen molar-refractivity contribution in [3.05, 3.63) is 22.8 Å². The molecule has 2 saturated carbocycles. The van der Waals surface area contributed by atoms with Gasteiger partial charge < -0.3 is 10.2 Å². The molecular formula is C22H32O3. The van der Waals surface area contributed by atoms with Gasteiger partial charge in [-0.05, 0) is 86.7 Å². The van der Waals surface area contributed by atoms with E-state index in [2.05, 4.69) is 19.9 Å². The molecule has 1 unspecified atom stereocenters. The number of hydrogen-bond acceptors (Lipinski definition) is 3. The van der Waals surface area contributed by atoms with Crippen LogP contribution in [0.1, 0.15) is 72.1 Å². The van der Waals surface area contributed by atoms with Gasteiger partial charge in [0.1, 0.15) is 6.10 Å². The fourth-order valence-corrected chi connectivity index (χ4v) is 6.78. The average molecular weight is 344 g/mol. The molecule has 0 heterocycles. The quantitative estimate of drug-likeness (QED) is 0.798. The summed E-state index contributed by atoms with van der Waals surface area (Å²) in [5, 5.41) is 19.9. The largest absolute Gasteiger partial charge is 0.389 e. The molecule has 0 aliphatic heterocycles. The van der Waals surface area contributed by atoms with Crippen molar-refractivity contribution < 1.29 is 15.0 Å². The highest BCUT2D eigenvalue weighted by Gasteiger charge is 2.62. The van der Waals surface area contributed by atoms with Crippen molar-refractivity contribution in [3.8, 4) is 0 Å². The molecule has 0 radical (unpaired) electrons. The lowest BCUT2D eigenvalue weighted by molar-refractivity contribution is -0.144. The van der Waals surface area contributed by atoms with Gasteiger partial charge in [-0.25, -0.2) is 0 Å². The summed E-state index contributed by atoms with van der Waals surface area (Å²) in [6.45, 7) is 6.07. The number of rotatable bonds is 2. The number of carbonyl (C=O) groups excluding carboxylic acids is 1. The number of allylic oxidation sites excluding steroid dienone is 3.